The van der Waals surface area contributed by atoms with Crippen molar-refractivity contribution >= 4 is 0 Å². The maximum absolute atomic E-state index is 7.00. The molecule has 3 rings (SSSR count). The normalized spacial score (nSPS) is 16.9. The number of allylic oxidation sites excluding steroid dienone is 10. The number of methoxy groups -OCH3 is 1. The van der Waals surface area contributed by atoms with Crippen LogP contribution in [0.5, 0.6) is 0 Å². The van der Waals surface area contributed by atoms with Crippen LogP contribution < -0.4 is 5.32 Å². The van der Waals surface area contributed by atoms with Crippen molar-refractivity contribution in [2.75, 3.05) is 14.2 Å². The van der Waals surface area contributed by atoms with Gasteiger partial charge >= 0.3 is 0 Å². The topological polar surface area (TPSA) is 41.5 Å². The number of hydrogen-bond donors (Lipinski definition) is 2. The smallest absolute Gasteiger partial charge is 0.0995 e. The average Bonchev–Trinajstić information content (AvgIpc) is 3.13. The van der Waals surface area contributed by atoms with E-state index in [2.05, 4.69) is 92.0 Å². The predicted octanol–water partition coefficient (Wildman–Crippen LogP) is 6.55. The summed E-state index contributed by atoms with van der Waals surface area (Å²) in [5, 5.41) is 10.8. The Labute approximate surface area is 183 Å². The number of aliphatic hydroxyl groups excluding tert-OH is 1. The molecule has 2 aliphatic carbocycles. The van der Waals surface area contributed by atoms with E-state index in [0.29, 0.717) is 6.04 Å². The van der Waals surface area contributed by atoms with Gasteiger partial charge in [-0.15, -0.1) is 0 Å². The Morgan fingerprint density at radius 3 is 2.50 bits per heavy atom. The first-order valence-corrected chi connectivity index (χ1v) is 10.7. The highest BCUT2D eigenvalue weighted by Crippen LogP contribution is 2.26. The third kappa shape index (κ3) is 6.93. The van der Waals surface area contributed by atoms with Crippen LogP contribution in [0.3, 0.4) is 0 Å². The number of benzene rings is 1. The summed E-state index contributed by atoms with van der Waals surface area (Å²) in [5.74, 6) is 1.01. The summed E-state index contributed by atoms with van der Waals surface area (Å²) in [6, 6.07) is 11.1. The van der Waals surface area contributed by atoms with Crippen molar-refractivity contribution in [1.29, 1.82) is 0 Å². The third-order valence-electron chi connectivity index (χ3n) is 5.14. The van der Waals surface area contributed by atoms with Crippen molar-refractivity contribution in [3.8, 4) is 0 Å². The van der Waals surface area contributed by atoms with Gasteiger partial charge in [-0.2, -0.15) is 0 Å². The molecular formula is C27H37NO2. The molecule has 0 amide bonds. The van der Waals surface area contributed by atoms with Gasteiger partial charge in [-0.1, -0.05) is 74.1 Å². The Kier molecular flexibility index (Phi) is 9.96. The van der Waals surface area contributed by atoms with Crippen LogP contribution in [0.15, 0.2) is 101 Å². The Hall–Kier alpha value is -2.78. The number of ether oxygens (including phenoxy) is 1. The zero-order valence-corrected chi connectivity index (χ0v) is 18.7. The molecule has 162 valence electrons. The molecule has 0 spiro atoms. The second-order valence-electron chi connectivity index (χ2n) is 7.38. The van der Waals surface area contributed by atoms with Crippen molar-refractivity contribution in [2.45, 2.75) is 45.6 Å². The van der Waals surface area contributed by atoms with E-state index in [1.54, 1.807) is 7.11 Å². The van der Waals surface area contributed by atoms with Crippen LogP contribution in [-0.2, 0) is 4.74 Å². The minimum atomic E-state index is 0. The standard InChI is InChI=1S/C26H31NO.CH4O.H2/c1-4-9-26(22-10-6-5-7-11-22)27-24-13-8-12-21(14-16-24)23-15-17-25(28-3)19-20(2)18-23;1-2;/h5-8,10-15,18-19,26-27H,4,9,16-17H2,1-3H3;2H,1H3;1H. The highest BCUT2D eigenvalue weighted by Gasteiger charge is 2.12. The molecule has 2 aliphatic rings. The van der Waals surface area contributed by atoms with Gasteiger partial charge in [-0.25, -0.2) is 0 Å². The molecule has 0 radical (unpaired) electrons. The lowest BCUT2D eigenvalue weighted by Crippen LogP contribution is -2.20. The van der Waals surface area contributed by atoms with E-state index in [0.717, 1.165) is 38.6 Å². The Morgan fingerprint density at radius 2 is 1.80 bits per heavy atom. The third-order valence-corrected chi connectivity index (χ3v) is 5.14. The second-order valence-corrected chi connectivity index (χ2v) is 7.38. The lowest BCUT2D eigenvalue weighted by atomic mass is 10.0. The van der Waals surface area contributed by atoms with Crippen molar-refractivity contribution in [3.63, 3.8) is 0 Å². The first-order valence-electron chi connectivity index (χ1n) is 10.7. The maximum Gasteiger partial charge on any atom is 0.0995 e. The summed E-state index contributed by atoms with van der Waals surface area (Å²) in [6.07, 6.45) is 19.5. The van der Waals surface area contributed by atoms with E-state index in [1.807, 2.05) is 0 Å². The molecule has 0 saturated carbocycles. The highest BCUT2D eigenvalue weighted by atomic mass is 16.5. The second kappa shape index (κ2) is 12.7. The van der Waals surface area contributed by atoms with Gasteiger partial charge in [0.25, 0.3) is 0 Å². The summed E-state index contributed by atoms with van der Waals surface area (Å²) >= 11 is 0. The van der Waals surface area contributed by atoms with Gasteiger partial charge < -0.3 is 15.2 Å². The molecule has 30 heavy (non-hydrogen) atoms. The lowest BCUT2D eigenvalue weighted by molar-refractivity contribution is 0.285. The van der Waals surface area contributed by atoms with Crippen molar-refractivity contribution in [3.05, 3.63) is 107 Å². The molecule has 0 saturated heterocycles. The van der Waals surface area contributed by atoms with E-state index in [9.17, 15) is 0 Å². The minimum absolute atomic E-state index is 0. The Balaban J connectivity index is 0.00000156. The molecule has 2 N–H and O–H groups in total. The summed E-state index contributed by atoms with van der Waals surface area (Å²) in [4.78, 5) is 0. The van der Waals surface area contributed by atoms with Crippen LogP contribution in [0, 0.1) is 0 Å². The molecule has 1 aromatic carbocycles. The molecule has 0 fully saturated rings. The average molecular weight is 408 g/mol. The molecule has 0 bridgehead atoms. The summed E-state index contributed by atoms with van der Waals surface area (Å²) < 4.78 is 5.45. The van der Waals surface area contributed by atoms with Gasteiger partial charge in [0.2, 0.25) is 0 Å². The maximum atomic E-state index is 7.00. The fourth-order valence-electron chi connectivity index (χ4n) is 3.68. The van der Waals surface area contributed by atoms with Crippen LogP contribution in [0.4, 0.5) is 0 Å². The van der Waals surface area contributed by atoms with Gasteiger partial charge in [0.05, 0.1) is 18.9 Å². The molecule has 1 aromatic rings. The fraction of sp³-hybridized carbons (Fsp3) is 0.333. The first-order chi connectivity index (χ1) is 14.7. The molecule has 1 unspecified atom stereocenters. The monoisotopic (exact) mass is 407 g/mol. The van der Waals surface area contributed by atoms with E-state index in [4.69, 9.17) is 9.84 Å². The zero-order valence-electron chi connectivity index (χ0n) is 18.7. The van der Waals surface area contributed by atoms with Gasteiger partial charge in [0, 0.05) is 27.1 Å². The largest absolute Gasteiger partial charge is 0.501 e. The fourth-order valence-corrected chi connectivity index (χ4v) is 3.68. The molecule has 3 heteroatoms. The number of hydrogen-bond acceptors (Lipinski definition) is 3. The predicted molar refractivity (Wildman–Crippen MR) is 129 cm³/mol. The summed E-state index contributed by atoms with van der Waals surface area (Å²) in [6.45, 7) is 4.37. The SMILES string of the molecule is CCCC(NC1=CC=CC(C2=CCC(OC)=CC(C)=C2)=CC1)c1ccccc1.CO.[HH]. The molecule has 0 aliphatic heterocycles. The molecule has 1 atom stereocenters. The van der Waals surface area contributed by atoms with E-state index < -0.39 is 0 Å². The first kappa shape index (κ1) is 23.5. The lowest BCUT2D eigenvalue weighted by Gasteiger charge is -2.21. The number of aliphatic hydroxyl groups is 1. The van der Waals surface area contributed by atoms with Gasteiger partial charge in [-0.05, 0) is 47.8 Å². The quantitative estimate of drug-likeness (QED) is 0.538. The molecular weight excluding hydrogens is 370 g/mol. The van der Waals surface area contributed by atoms with Crippen LogP contribution in [0.2, 0.25) is 0 Å². The number of nitrogens with one attached hydrogen (secondary N) is 1. The van der Waals surface area contributed by atoms with Crippen molar-refractivity contribution in [2.24, 2.45) is 0 Å². The van der Waals surface area contributed by atoms with E-state index in [1.165, 1.54) is 28.0 Å². The van der Waals surface area contributed by atoms with Crippen LogP contribution >= 0.6 is 0 Å². The number of rotatable bonds is 7. The van der Waals surface area contributed by atoms with Crippen LogP contribution in [0.25, 0.3) is 0 Å². The Bertz CT molecular complexity index is 860. The van der Waals surface area contributed by atoms with Gasteiger partial charge in [0.1, 0.15) is 0 Å². The van der Waals surface area contributed by atoms with Crippen LogP contribution in [0.1, 0.15) is 52.6 Å². The molecule has 0 aromatic heterocycles. The van der Waals surface area contributed by atoms with Crippen LogP contribution in [-0.4, -0.2) is 19.3 Å². The summed E-state index contributed by atoms with van der Waals surface area (Å²) in [5.41, 5.74) is 6.37. The summed E-state index contributed by atoms with van der Waals surface area (Å²) in [7, 11) is 2.74. The molecule has 0 heterocycles. The molecule has 3 nitrogen and oxygen atoms in total. The van der Waals surface area contributed by atoms with Gasteiger partial charge in [-0.3, -0.25) is 0 Å². The van der Waals surface area contributed by atoms with E-state index in [-0.39, 0.29) is 1.43 Å². The Morgan fingerprint density at radius 1 is 1.07 bits per heavy atom. The van der Waals surface area contributed by atoms with Crippen molar-refractivity contribution < 1.29 is 11.3 Å². The van der Waals surface area contributed by atoms with E-state index >= 15 is 0 Å². The zero-order chi connectivity index (χ0) is 21.8. The van der Waals surface area contributed by atoms with Crippen molar-refractivity contribution in [1.82, 2.24) is 5.32 Å². The minimum Gasteiger partial charge on any atom is -0.501 e. The van der Waals surface area contributed by atoms with Gasteiger partial charge in [0.15, 0.2) is 0 Å². The highest BCUT2D eigenvalue weighted by molar-refractivity contribution is 5.52.